The zero-order valence-corrected chi connectivity index (χ0v) is 35.7. The second kappa shape index (κ2) is 16.8. The van der Waals surface area contributed by atoms with E-state index in [2.05, 4.69) is 233 Å². The van der Waals surface area contributed by atoms with E-state index in [0.29, 0.717) is 0 Å². The van der Waals surface area contributed by atoms with Crippen molar-refractivity contribution in [3.63, 3.8) is 0 Å². The van der Waals surface area contributed by atoms with Gasteiger partial charge in [0.1, 0.15) is 11.5 Å². The fourth-order valence-electron chi connectivity index (χ4n) is 9.17. The highest BCUT2D eigenvalue weighted by molar-refractivity contribution is 5.99. The Kier molecular flexibility index (Phi) is 10.5. The summed E-state index contributed by atoms with van der Waals surface area (Å²) in [5.41, 5.74) is 13.9. The number of ether oxygens (including phenoxy) is 2. The lowest BCUT2D eigenvalue weighted by Gasteiger charge is -2.41. The lowest BCUT2D eigenvalue weighted by molar-refractivity contribution is 0.415. The summed E-state index contributed by atoms with van der Waals surface area (Å²) in [4.78, 5) is 9.50. The molecule has 308 valence electrons. The van der Waals surface area contributed by atoms with Crippen LogP contribution in [0.5, 0.6) is 11.5 Å². The zero-order valence-electron chi connectivity index (χ0n) is 35.7. The van der Waals surface area contributed by atoms with E-state index in [9.17, 15) is 0 Å². The molecule has 0 spiro atoms. The minimum absolute atomic E-state index is 0.408. The summed E-state index contributed by atoms with van der Waals surface area (Å²) in [6.07, 6.45) is 5.56. The summed E-state index contributed by atoms with van der Waals surface area (Å²) in [5, 5.41) is 0. The van der Waals surface area contributed by atoms with E-state index in [1.54, 1.807) is 14.2 Å². The van der Waals surface area contributed by atoms with E-state index in [0.717, 1.165) is 80.5 Å². The van der Waals surface area contributed by atoms with Gasteiger partial charge in [0.25, 0.3) is 0 Å². The van der Waals surface area contributed by atoms with Crippen LogP contribution in [-0.4, -0.2) is 19.8 Å². The smallest absolute Gasteiger partial charge is 0.120 e. The van der Waals surface area contributed by atoms with E-state index >= 15 is 0 Å². The Morgan fingerprint density at radius 2 is 0.841 bits per heavy atom. The molecule has 1 atom stereocenters. The molecule has 0 N–H and O–H groups in total. The molecule has 1 aliphatic heterocycles. The summed E-state index contributed by atoms with van der Waals surface area (Å²) < 4.78 is 11.5. The van der Waals surface area contributed by atoms with Gasteiger partial charge in [-0.05, 0) is 140 Å². The van der Waals surface area contributed by atoms with Crippen LogP contribution in [0.25, 0.3) is 5.57 Å². The first-order valence-electron chi connectivity index (χ1n) is 21.4. The number of hydrogen-bond acceptors (Lipinski definition) is 6. The van der Waals surface area contributed by atoms with Gasteiger partial charge in [-0.2, -0.15) is 0 Å². The topological polar surface area (TPSA) is 31.4 Å². The highest BCUT2D eigenvalue weighted by Gasteiger charge is 2.46. The fourth-order valence-corrected chi connectivity index (χ4v) is 9.17. The highest BCUT2D eigenvalue weighted by atomic mass is 16.5. The van der Waals surface area contributed by atoms with Crippen molar-refractivity contribution in [2.75, 3.05) is 33.8 Å². The summed E-state index contributed by atoms with van der Waals surface area (Å²) in [7, 11) is 3.44. The SMILES string of the molecule is COc1cccc(N(C2=CCC3(C)C(=C2)c2cc(N(c4ccccc4)c4cccc(OC)c4)ccc2N3c2ccc(N(c3ccccc3)c3ccccc3)cc2)c2ccccc2)c1. The normalized spacial score (nSPS) is 15.1. The van der Waals surface area contributed by atoms with Gasteiger partial charge in [0.05, 0.1) is 19.8 Å². The van der Waals surface area contributed by atoms with Crippen molar-refractivity contribution in [2.24, 2.45) is 0 Å². The number of rotatable bonds is 12. The van der Waals surface area contributed by atoms with Gasteiger partial charge in [-0.15, -0.1) is 0 Å². The second-order valence-electron chi connectivity index (χ2n) is 16.0. The molecule has 0 bridgehead atoms. The first-order chi connectivity index (χ1) is 31.0. The summed E-state index contributed by atoms with van der Waals surface area (Å²) >= 11 is 0. The Hall–Kier alpha value is -7.96. The average Bonchev–Trinajstić information content (AvgIpc) is 3.60. The van der Waals surface area contributed by atoms with Gasteiger partial charge in [0, 0.05) is 80.3 Å². The van der Waals surface area contributed by atoms with Crippen LogP contribution in [0.2, 0.25) is 0 Å². The Morgan fingerprint density at radius 3 is 1.35 bits per heavy atom. The lowest BCUT2D eigenvalue weighted by atomic mass is 9.82. The molecule has 0 saturated carbocycles. The van der Waals surface area contributed by atoms with E-state index in [-0.39, 0.29) is 0 Å². The van der Waals surface area contributed by atoms with E-state index < -0.39 is 5.54 Å². The van der Waals surface area contributed by atoms with Gasteiger partial charge in [0.2, 0.25) is 0 Å². The van der Waals surface area contributed by atoms with Crippen LogP contribution in [0, 0.1) is 0 Å². The molecule has 1 heterocycles. The monoisotopic (exact) mass is 820 g/mol. The largest absolute Gasteiger partial charge is 0.497 e. The molecule has 0 amide bonds. The van der Waals surface area contributed by atoms with Gasteiger partial charge >= 0.3 is 0 Å². The molecule has 0 aromatic heterocycles. The van der Waals surface area contributed by atoms with Crippen molar-refractivity contribution in [3.05, 3.63) is 236 Å². The van der Waals surface area contributed by atoms with Crippen molar-refractivity contribution >= 4 is 62.4 Å². The van der Waals surface area contributed by atoms with Crippen LogP contribution in [0.1, 0.15) is 18.9 Å². The number of nitrogens with zero attached hydrogens (tertiary/aromatic N) is 4. The lowest BCUT2D eigenvalue weighted by Crippen LogP contribution is -2.41. The number of anilines is 10. The predicted molar refractivity (Wildman–Crippen MR) is 262 cm³/mol. The third-order valence-corrected chi connectivity index (χ3v) is 12.1. The number of allylic oxidation sites excluding steroid dienone is 1. The maximum atomic E-state index is 5.74. The molecule has 8 aromatic rings. The Balaban J connectivity index is 1.13. The number of fused-ring (bicyclic) bond motifs is 3. The van der Waals surface area contributed by atoms with Crippen molar-refractivity contribution in [1.29, 1.82) is 0 Å². The van der Waals surface area contributed by atoms with Crippen LogP contribution in [0.4, 0.5) is 56.9 Å². The Morgan fingerprint density at radius 1 is 0.429 bits per heavy atom. The minimum atomic E-state index is -0.408. The Bertz CT molecular complexity index is 2880. The molecule has 2 aliphatic rings. The first-order valence-corrected chi connectivity index (χ1v) is 21.4. The first kappa shape index (κ1) is 39.2. The van der Waals surface area contributed by atoms with Gasteiger partial charge in [-0.1, -0.05) is 91.0 Å². The Labute approximate surface area is 370 Å². The molecule has 10 rings (SSSR count). The molecular weight excluding hydrogens is 773 g/mol. The highest BCUT2D eigenvalue weighted by Crippen LogP contribution is 2.57. The van der Waals surface area contributed by atoms with Crippen LogP contribution in [0.15, 0.2) is 230 Å². The predicted octanol–water partition coefficient (Wildman–Crippen LogP) is 15.1. The minimum Gasteiger partial charge on any atom is -0.497 e. The van der Waals surface area contributed by atoms with Crippen molar-refractivity contribution in [2.45, 2.75) is 18.9 Å². The number of hydrogen-bond donors (Lipinski definition) is 0. The van der Waals surface area contributed by atoms with Gasteiger partial charge in [-0.3, -0.25) is 0 Å². The van der Waals surface area contributed by atoms with Crippen molar-refractivity contribution in [1.82, 2.24) is 0 Å². The summed E-state index contributed by atoms with van der Waals surface area (Å²) in [6, 6.07) is 74.8. The molecular formula is C57H48N4O2. The van der Waals surface area contributed by atoms with Crippen LogP contribution in [0.3, 0.4) is 0 Å². The third-order valence-electron chi connectivity index (χ3n) is 12.1. The van der Waals surface area contributed by atoms with Crippen LogP contribution in [-0.2, 0) is 0 Å². The molecule has 0 radical (unpaired) electrons. The maximum Gasteiger partial charge on any atom is 0.120 e. The van der Waals surface area contributed by atoms with Crippen molar-refractivity contribution in [3.8, 4) is 11.5 Å². The fraction of sp³-hybridized carbons (Fsp3) is 0.0877. The van der Waals surface area contributed by atoms with E-state index in [1.807, 2.05) is 18.2 Å². The maximum absolute atomic E-state index is 5.74. The average molecular weight is 821 g/mol. The molecule has 6 heteroatoms. The molecule has 6 nitrogen and oxygen atoms in total. The van der Waals surface area contributed by atoms with E-state index in [4.69, 9.17) is 9.47 Å². The van der Waals surface area contributed by atoms with Crippen LogP contribution < -0.4 is 29.1 Å². The quantitative estimate of drug-likeness (QED) is 0.122. The van der Waals surface area contributed by atoms with Crippen LogP contribution >= 0.6 is 0 Å². The number of benzene rings is 8. The standard InChI is InChI=1S/C57H48N4O2/c1-57-37-36-51(60(45-24-14-7-15-25-45)49-27-17-29-53(39-49)63-3)41-55(57)54-40-50(59(44-22-12-6-13-23-44)48-26-16-28-52(38-48)62-2)34-35-56(54)61(57)47-32-30-46(31-33-47)58(42-18-8-4-9-19-42)43-20-10-5-11-21-43/h4-36,38-41H,37H2,1-3H3. The third kappa shape index (κ3) is 7.36. The molecule has 0 fully saturated rings. The molecule has 0 saturated heterocycles. The van der Waals surface area contributed by atoms with Gasteiger partial charge in [0.15, 0.2) is 0 Å². The van der Waals surface area contributed by atoms with Crippen molar-refractivity contribution < 1.29 is 9.47 Å². The number of methoxy groups -OCH3 is 2. The van der Waals surface area contributed by atoms with E-state index in [1.165, 1.54) is 11.1 Å². The summed E-state index contributed by atoms with van der Waals surface area (Å²) in [5.74, 6) is 1.61. The second-order valence-corrected chi connectivity index (χ2v) is 16.0. The molecule has 8 aromatic carbocycles. The summed E-state index contributed by atoms with van der Waals surface area (Å²) in [6.45, 7) is 2.38. The van der Waals surface area contributed by atoms with Gasteiger partial charge < -0.3 is 29.1 Å². The molecule has 63 heavy (non-hydrogen) atoms. The molecule has 1 unspecified atom stereocenters. The zero-order chi connectivity index (χ0) is 42.8. The van der Waals surface area contributed by atoms with Gasteiger partial charge in [-0.25, -0.2) is 0 Å². The molecule has 1 aliphatic carbocycles. The number of para-hydroxylation sites is 4.